The third-order valence-corrected chi connectivity index (χ3v) is 8.36. The van der Waals surface area contributed by atoms with Gasteiger partial charge in [0.05, 0.1) is 11.3 Å². The number of pyridine rings is 1. The van der Waals surface area contributed by atoms with Crippen LogP contribution in [-0.2, 0) is 0 Å². The second-order valence-electron chi connectivity index (χ2n) is 10.0. The maximum atomic E-state index is 14.0. The summed E-state index contributed by atoms with van der Waals surface area (Å²) in [5.74, 6) is -3.28. The van der Waals surface area contributed by atoms with Crippen molar-refractivity contribution in [1.29, 1.82) is 5.26 Å². The van der Waals surface area contributed by atoms with Gasteiger partial charge in [0.1, 0.15) is 24.4 Å². The molecule has 37 heavy (non-hydrogen) atoms. The summed E-state index contributed by atoms with van der Waals surface area (Å²) >= 11 is 1.64. The first-order chi connectivity index (χ1) is 17.8. The first kappa shape index (κ1) is 25.5. The number of rotatable bonds is 6. The largest absolute Gasteiger partial charge is 0.390 e. The van der Waals surface area contributed by atoms with Crippen LogP contribution >= 0.6 is 11.3 Å². The van der Waals surface area contributed by atoms with E-state index in [0.29, 0.717) is 23.7 Å². The molecule has 0 saturated heterocycles. The molecule has 0 bridgehead atoms. The number of alkyl halides is 2. The molecule has 0 amide bonds. The Hall–Kier alpha value is -3.15. The van der Waals surface area contributed by atoms with Gasteiger partial charge in [0.15, 0.2) is 0 Å². The average Bonchev–Trinajstić information content (AvgIpc) is 3.48. The molecule has 0 spiro atoms. The second-order valence-corrected chi connectivity index (χ2v) is 11.0. The summed E-state index contributed by atoms with van der Waals surface area (Å²) in [7, 11) is 0. The summed E-state index contributed by atoms with van der Waals surface area (Å²) in [6.07, 6.45) is 10.9. The van der Waals surface area contributed by atoms with Gasteiger partial charge in [0, 0.05) is 40.2 Å². The molecule has 1 N–H and O–H groups in total. The van der Waals surface area contributed by atoms with Crippen molar-refractivity contribution in [1.82, 2.24) is 9.55 Å². The Bertz CT molecular complexity index is 1440. The predicted octanol–water partition coefficient (Wildman–Crippen LogP) is 7.33. The molecule has 192 valence electrons. The molecule has 2 aliphatic carbocycles. The van der Waals surface area contributed by atoms with E-state index in [4.69, 9.17) is 10.1 Å². The SMILES string of the molecule is CC1=CC(=NC(C)C(F)(F)CO)C/C=C(/c2c(C#N)c3cc(-c4cccs4)cnc3n2C2CCC2)CC1. The van der Waals surface area contributed by atoms with E-state index in [-0.39, 0.29) is 0 Å². The lowest BCUT2D eigenvalue weighted by Crippen LogP contribution is -2.34. The molecule has 1 atom stereocenters. The first-order valence-corrected chi connectivity index (χ1v) is 13.6. The normalized spacial score (nSPS) is 20.5. The number of hydrogen-bond donors (Lipinski definition) is 1. The number of aliphatic hydroxyl groups is 1. The van der Waals surface area contributed by atoms with Crippen LogP contribution in [0, 0.1) is 11.3 Å². The van der Waals surface area contributed by atoms with Crippen molar-refractivity contribution in [3.8, 4) is 16.5 Å². The Morgan fingerprint density at radius 3 is 2.81 bits per heavy atom. The number of aliphatic imine (C=N–C) groups is 1. The van der Waals surface area contributed by atoms with Crippen LogP contribution in [0.15, 0.2) is 52.5 Å². The van der Waals surface area contributed by atoms with E-state index in [2.05, 4.69) is 27.8 Å². The van der Waals surface area contributed by atoms with Gasteiger partial charge < -0.3 is 9.67 Å². The molecular weight excluding hydrogens is 490 g/mol. The Morgan fingerprint density at radius 1 is 1.35 bits per heavy atom. The summed E-state index contributed by atoms with van der Waals surface area (Å²) in [5, 5.41) is 22.3. The highest BCUT2D eigenvalue weighted by atomic mass is 32.1. The molecule has 1 unspecified atom stereocenters. The number of fused-ring (bicyclic) bond motifs is 1. The molecule has 3 aromatic rings. The molecule has 1 saturated carbocycles. The molecule has 5 rings (SSSR count). The Balaban J connectivity index is 1.62. The molecule has 1 fully saturated rings. The number of nitriles is 1. The zero-order chi connectivity index (χ0) is 26.2. The summed E-state index contributed by atoms with van der Waals surface area (Å²) in [6.45, 7) is 2.08. The smallest absolute Gasteiger partial charge is 0.292 e. The van der Waals surface area contributed by atoms with Crippen molar-refractivity contribution >= 4 is 33.7 Å². The number of allylic oxidation sites excluding steroid dienone is 4. The van der Waals surface area contributed by atoms with Gasteiger partial charge in [-0.25, -0.2) is 13.8 Å². The van der Waals surface area contributed by atoms with Gasteiger partial charge in [-0.1, -0.05) is 17.7 Å². The maximum Gasteiger partial charge on any atom is 0.292 e. The van der Waals surface area contributed by atoms with Crippen LogP contribution in [0.1, 0.15) is 69.7 Å². The van der Waals surface area contributed by atoms with Crippen LogP contribution in [0.2, 0.25) is 0 Å². The molecule has 8 heteroatoms. The minimum absolute atomic E-state index is 0.291. The number of aromatic nitrogens is 2. The molecule has 3 aromatic heterocycles. The summed E-state index contributed by atoms with van der Waals surface area (Å²) in [4.78, 5) is 10.2. The van der Waals surface area contributed by atoms with Crippen LogP contribution in [0.4, 0.5) is 8.78 Å². The highest BCUT2D eigenvalue weighted by molar-refractivity contribution is 7.13. The number of halogens is 2. The molecule has 2 aliphatic rings. The van der Waals surface area contributed by atoms with Gasteiger partial charge in [0.2, 0.25) is 0 Å². The molecule has 0 aromatic carbocycles. The van der Waals surface area contributed by atoms with E-state index in [1.807, 2.05) is 36.7 Å². The van der Waals surface area contributed by atoms with Crippen LogP contribution < -0.4 is 0 Å². The Kier molecular flexibility index (Phi) is 7.11. The lowest BCUT2D eigenvalue weighted by atomic mass is 9.90. The maximum absolute atomic E-state index is 14.0. The van der Waals surface area contributed by atoms with Crippen molar-refractivity contribution < 1.29 is 13.9 Å². The number of thiophene rings is 1. The number of nitrogens with zero attached hydrogens (tertiary/aromatic N) is 4. The van der Waals surface area contributed by atoms with E-state index in [0.717, 1.165) is 70.4 Å². The fourth-order valence-corrected chi connectivity index (χ4v) is 5.76. The second kappa shape index (κ2) is 10.3. The van der Waals surface area contributed by atoms with Crippen LogP contribution in [0.3, 0.4) is 0 Å². The van der Waals surface area contributed by atoms with Gasteiger partial charge in [0.25, 0.3) is 5.92 Å². The van der Waals surface area contributed by atoms with Crippen LogP contribution in [0.5, 0.6) is 0 Å². The minimum atomic E-state index is -3.28. The number of aliphatic hydroxyl groups excluding tert-OH is 1. The van der Waals surface area contributed by atoms with Gasteiger partial charge in [-0.15, -0.1) is 11.3 Å². The Morgan fingerprint density at radius 2 is 2.16 bits per heavy atom. The minimum Gasteiger partial charge on any atom is -0.390 e. The summed E-state index contributed by atoms with van der Waals surface area (Å²) in [5.41, 5.74) is 5.98. The van der Waals surface area contributed by atoms with Crippen LogP contribution in [-0.4, -0.2) is 38.9 Å². The predicted molar refractivity (Wildman–Crippen MR) is 145 cm³/mol. The molecule has 0 radical (unpaired) electrons. The first-order valence-electron chi connectivity index (χ1n) is 12.7. The quantitative estimate of drug-likeness (QED) is 0.370. The van der Waals surface area contributed by atoms with E-state index >= 15 is 0 Å². The molecular formula is C29H30F2N4OS. The van der Waals surface area contributed by atoms with Crippen molar-refractivity contribution in [2.24, 2.45) is 4.99 Å². The average molecular weight is 521 g/mol. The van der Waals surface area contributed by atoms with Gasteiger partial charge in [-0.2, -0.15) is 5.26 Å². The third kappa shape index (κ3) is 4.90. The van der Waals surface area contributed by atoms with Crippen LogP contribution in [0.25, 0.3) is 27.0 Å². The summed E-state index contributed by atoms with van der Waals surface area (Å²) in [6, 6.07) is 7.58. The monoisotopic (exact) mass is 520 g/mol. The van der Waals surface area contributed by atoms with Crippen molar-refractivity contribution in [2.45, 2.75) is 70.4 Å². The Labute approximate surface area is 219 Å². The van der Waals surface area contributed by atoms with Crippen molar-refractivity contribution in [3.05, 3.63) is 58.8 Å². The topological polar surface area (TPSA) is 74.2 Å². The van der Waals surface area contributed by atoms with E-state index in [1.54, 1.807) is 11.3 Å². The standard InChI is InChI=1S/C29H30F2N4OS/c1-18-8-9-20(10-11-22(13-18)34-19(2)29(30,31)17-36)27-25(15-32)24-14-21(26-7-4-12-37-26)16-33-28(24)35(27)23-5-3-6-23/h4,7,10,12-14,16,19,23,36H,3,5-6,8-9,11,17H2,1-2H3/b18-13?,20-10+,34-22?. The van der Waals surface area contributed by atoms with Crippen molar-refractivity contribution in [2.75, 3.05) is 6.61 Å². The fourth-order valence-electron chi connectivity index (χ4n) is 5.05. The highest BCUT2D eigenvalue weighted by Crippen LogP contribution is 2.42. The molecule has 5 nitrogen and oxygen atoms in total. The fraction of sp³-hybridized carbons (Fsp3) is 0.414. The molecule has 3 heterocycles. The summed E-state index contributed by atoms with van der Waals surface area (Å²) < 4.78 is 30.3. The van der Waals surface area contributed by atoms with Gasteiger partial charge in [-0.05, 0) is 75.1 Å². The van der Waals surface area contributed by atoms with Gasteiger partial charge in [-0.3, -0.25) is 4.99 Å². The highest BCUT2D eigenvalue weighted by Gasteiger charge is 2.35. The third-order valence-electron chi connectivity index (χ3n) is 7.44. The van der Waals surface area contributed by atoms with E-state index in [9.17, 15) is 14.0 Å². The molecule has 0 aliphatic heterocycles. The van der Waals surface area contributed by atoms with E-state index < -0.39 is 18.6 Å². The van der Waals surface area contributed by atoms with Gasteiger partial charge >= 0.3 is 0 Å². The van der Waals surface area contributed by atoms with E-state index in [1.165, 1.54) is 6.92 Å². The number of hydrogen-bond acceptors (Lipinski definition) is 5. The van der Waals surface area contributed by atoms with Crippen molar-refractivity contribution in [3.63, 3.8) is 0 Å². The zero-order valence-electron chi connectivity index (χ0n) is 21.0. The zero-order valence-corrected chi connectivity index (χ0v) is 21.9. The lowest BCUT2D eigenvalue weighted by molar-refractivity contribution is -0.0649. The lowest BCUT2D eigenvalue weighted by Gasteiger charge is -2.30.